The Labute approximate surface area is 160 Å². The lowest BCUT2D eigenvalue weighted by Crippen LogP contribution is -2.73. The van der Waals surface area contributed by atoms with Gasteiger partial charge in [-0.25, -0.2) is 4.39 Å². The van der Waals surface area contributed by atoms with E-state index in [-0.39, 0.29) is 22.8 Å². The summed E-state index contributed by atoms with van der Waals surface area (Å²) in [5, 5.41) is 3.77. The molecule has 3 unspecified atom stereocenters. The summed E-state index contributed by atoms with van der Waals surface area (Å²) in [6.45, 7) is 5.31. The number of hydrogen-bond donors (Lipinski definition) is 1. The maximum Gasteiger partial charge on any atom is 0.123 e. The van der Waals surface area contributed by atoms with Gasteiger partial charge in [0.2, 0.25) is 0 Å². The molecule has 0 saturated carbocycles. The monoisotopic (exact) mass is 372 g/mol. The summed E-state index contributed by atoms with van der Waals surface area (Å²) in [4.78, 5) is 2.34. The van der Waals surface area contributed by atoms with Gasteiger partial charge in [0.15, 0.2) is 0 Å². The van der Waals surface area contributed by atoms with Crippen LogP contribution in [0.15, 0.2) is 48.5 Å². The van der Waals surface area contributed by atoms with E-state index in [1.165, 1.54) is 11.1 Å². The van der Waals surface area contributed by atoms with Crippen molar-refractivity contribution < 1.29 is 4.39 Å². The Morgan fingerprint density at radius 1 is 1.12 bits per heavy atom. The fraction of sp³-hybridized carbons (Fsp3) is 0.455. The number of benzene rings is 2. The Kier molecular flexibility index (Phi) is 4.37. The minimum Gasteiger partial charge on any atom is -0.296 e. The van der Waals surface area contributed by atoms with Crippen molar-refractivity contribution in [1.29, 1.82) is 0 Å². The summed E-state index contributed by atoms with van der Waals surface area (Å²) < 4.78 is 13.7. The third-order valence-corrected chi connectivity index (χ3v) is 6.94. The molecule has 138 valence electrons. The average Bonchev–Trinajstić information content (AvgIpc) is 3.03. The molecule has 26 heavy (non-hydrogen) atoms. The van der Waals surface area contributed by atoms with E-state index in [0.29, 0.717) is 0 Å². The van der Waals surface area contributed by atoms with E-state index in [4.69, 9.17) is 11.6 Å². The van der Waals surface area contributed by atoms with Crippen LogP contribution in [0.3, 0.4) is 0 Å². The average molecular weight is 373 g/mol. The molecular weight excluding hydrogens is 347 g/mol. The quantitative estimate of drug-likeness (QED) is 0.610. The molecule has 0 radical (unpaired) electrons. The normalized spacial score (nSPS) is 31.0. The number of piperazine rings is 1. The van der Waals surface area contributed by atoms with Gasteiger partial charge in [-0.1, -0.05) is 36.4 Å². The molecule has 2 nitrogen and oxygen atoms in total. The van der Waals surface area contributed by atoms with Crippen LogP contribution in [-0.4, -0.2) is 29.5 Å². The van der Waals surface area contributed by atoms with Gasteiger partial charge in [-0.05, 0) is 62.6 Å². The molecule has 0 spiro atoms. The van der Waals surface area contributed by atoms with E-state index in [9.17, 15) is 4.39 Å². The van der Waals surface area contributed by atoms with Crippen LogP contribution in [-0.2, 0) is 12.0 Å². The number of nitrogens with one attached hydrogen (secondary N) is 1. The van der Waals surface area contributed by atoms with Crippen LogP contribution in [0.5, 0.6) is 0 Å². The second-order valence-electron chi connectivity index (χ2n) is 8.16. The van der Waals surface area contributed by atoms with Gasteiger partial charge in [0.05, 0.1) is 11.0 Å². The predicted octanol–water partition coefficient (Wildman–Crippen LogP) is 4.63. The Hall–Kier alpha value is -1.42. The van der Waals surface area contributed by atoms with E-state index < -0.39 is 5.54 Å². The molecular formula is C22H26ClFN2. The fourth-order valence-corrected chi connectivity index (χ4v) is 5.50. The second kappa shape index (κ2) is 6.33. The lowest BCUT2D eigenvalue weighted by Gasteiger charge is -2.60. The van der Waals surface area contributed by atoms with Crippen LogP contribution in [0, 0.1) is 5.82 Å². The van der Waals surface area contributed by atoms with Crippen molar-refractivity contribution in [3.05, 3.63) is 71.0 Å². The molecule has 2 aromatic carbocycles. The Morgan fingerprint density at radius 3 is 2.54 bits per heavy atom. The zero-order valence-electron chi connectivity index (χ0n) is 15.6. The molecule has 0 aromatic heterocycles. The van der Waals surface area contributed by atoms with Crippen LogP contribution < -0.4 is 5.32 Å². The summed E-state index contributed by atoms with van der Waals surface area (Å²) in [7, 11) is 2.13. The molecule has 1 aliphatic heterocycles. The molecule has 1 fully saturated rings. The predicted molar refractivity (Wildman–Crippen MR) is 105 cm³/mol. The first-order valence-corrected chi connectivity index (χ1v) is 9.77. The Balaban J connectivity index is 1.95. The standard InChI is InChI=1S/C22H26ClFN2/c1-21(2)22(25-20(23)14-26(21)3,16-9-11-17(24)12-10-16)19-13-8-15-6-4-5-7-18(15)19/h4-7,9-12,19-20,25H,8,13-14H2,1-3H3. The molecule has 3 atom stereocenters. The smallest absolute Gasteiger partial charge is 0.123 e. The third kappa shape index (κ3) is 2.52. The Morgan fingerprint density at radius 2 is 1.81 bits per heavy atom. The minimum absolute atomic E-state index is 0.161. The summed E-state index contributed by atoms with van der Waals surface area (Å²) in [5.41, 5.74) is 3.14. The van der Waals surface area contributed by atoms with E-state index in [0.717, 1.165) is 24.9 Å². The van der Waals surface area contributed by atoms with Gasteiger partial charge in [-0.2, -0.15) is 0 Å². The second-order valence-corrected chi connectivity index (χ2v) is 8.68. The lowest BCUT2D eigenvalue weighted by atomic mass is 9.62. The van der Waals surface area contributed by atoms with Gasteiger partial charge in [-0.15, -0.1) is 11.6 Å². The van der Waals surface area contributed by atoms with Gasteiger partial charge in [0, 0.05) is 18.0 Å². The zero-order valence-corrected chi connectivity index (χ0v) is 16.4. The van der Waals surface area contributed by atoms with Crippen molar-refractivity contribution in [3.8, 4) is 0 Å². The van der Waals surface area contributed by atoms with Crippen molar-refractivity contribution in [2.24, 2.45) is 0 Å². The van der Waals surface area contributed by atoms with E-state index in [1.807, 2.05) is 12.1 Å². The molecule has 2 aromatic rings. The van der Waals surface area contributed by atoms with Gasteiger partial charge in [0.1, 0.15) is 5.82 Å². The van der Waals surface area contributed by atoms with Crippen LogP contribution >= 0.6 is 11.6 Å². The minimum atomic E-state index is -0.396. The van der Waals surface area contributed by atoms with Gasteiger partial charge < -0.3 is 0 Å². The SMILES string of the molecule is CN1CC(Cl)NC(c2ccc(F)cc2)(C2CCc3ccccc32)C1(C)C. The van der Waals surface area contributed by atoms with E-state index in [2.05, 4.69) is 55.4 Å². The zero-order chi connectivity index (χ0) is 18.5. The van der Waals surface area contributed by atoms with Gasteiger partial charge >= 0.3 is 0 Å². The maximum absolute atomic E-state index is 13.7. The van der Waals surface area contributed by atoms with Gasteiger partial charge in [0.25, 0.3) is 0 Å². The van der Waals surface area contributed by atoms with Crippen LogP contribution in [0.1, 0.15) is 42.9 Å². The Bertz CT molecular complexity index is 804. The third-order valence-electron chi connectivity index (χ3n) is 6.69. The van der Waals surface area contributed by atoms with Crippen LogP contribution in [0.2, 0.25) is 0 Å². The maximum atomic E-state index is 13.7. The van der Waals surface area contributed by atoms with Crippen molar-refractivity contribution in [1.82, 2.24) is 10.2 Å². The molecule has 2 aliphatic rings. The molecule has 1 aliphatic carbocycles. The molecule has 4 heteroatoms. The first kappa shape index (κ1) is 18.0. The van der Waals surface area contributed by atoms with Gasteiger partial charge in [-0.3, -0.25) is 10.2 Å². The first-order chi connectivity index (χ1) is 12.4. The van der Waals surface area contributed by atoms with Crippen molar-refractivity contribution in [3.63, 3.8) is 0 Å². The van der Waals surface area contributed by atoms with E-state index >= 15 is 0 Å². The molecule has 1 saturated heterocycles. The molecule has 0 amide bonds. The number of likely N-dealkylation sites (N-methyl/N-ethyl adjacent to an activating group) is 1. The number of halogens is 2. The van der Waals surface area contributed by atoms with E-state index in [1.54, 1.807) is 12.1 Å². The highest BCUT2D eigenvalue weighted by Crippen LogP contribution is 2.54. The molecule has 1 heterocycles. The summed E-state index contributed by atoms with van der Waals surface area (Å²) in [6.07, 6.45) is 2.13. The van der Waals surface area contributed by atoms with Crippen LogP contribution in [0.25, 0.3) is 0 Å². The van der Waals surface area contributed by atoms with Crippen LogP contribution in [0.4, 0.5) is 4.39 Å². The van der Waals surface area contributed by atoms with Crippen molar-refractivity contribution in [2.45, 2.75) is 49.2 Å². The largest absolute Gasteiger partial charge is 0.296 e. The molecule has 0 bridgehead atoms. The highest BCUT2D eigenvalue weighted by Gasteiger charge is 2.58. The number of fused-ring (bicyclic) bond motifs is 1. The number of nitrogens with zero attached hydrogens (tertiary/aromatic N) is 1. The summed E-state index contributed by atoms with van der Waals surface area (Å²) in [5.74, 6) is 0.0725. The molecule has 4 rings (SSSR count). The summed E-state index contributed by atoms with van der Waals surface area (Å²) >= 11 is 6.68. The lowest BCUT2D eigenvalue weighted by molar-refractivity contribution is -0.0216. The summed E-state index contributed by atoms with van der Waals surface area (Å²) in [6, 6.07) is 15.7. The number of rotatable bonds is 2. The first-order valence-electron chi connectivity index (χ1n) is 9.33. The molecule has 1 N–H and O–H groups in total. The topological polar surface area (TPSA) is 15.3 Å². The fourth-order valence-electron chi connectivity index (χ4n) is 5.12. The number of hydrogen-bond acceptors (Lipinski definition) is 2. The van der Waals surface area contributed by atoms with Crippen molar-refractivity contribution >= 4 is 11.6 Å². The highest BCUT2D eigenvalue weighted by atomic mass is 35.5. The van der Waals surface area contributed by atoms with Crippen molar-refractivity contribution in [2.75, 3.05) is 13.6 Å². The number of aryl methyl sites for hydroxylation is 1. The highest BCUT2D eigenvalue weighted by molar-refractivity contribution is 6.20. The number of alkyl halides is 1.